The highest BCUT2D eigenvalue weighted by molar-refractivity contribution is 5.49. The van der Waals surface area contributed by atoms with Crippen LogP contribution in [0.15, 0.2) is 36.4 Å². The molecule has 3 rings (SSSR count). The molecule has 21 heavy (non-hydrogen) atoms. The van der Waals surface area contributed by atoms with Crippen molar-refractivity contribution in [3.05, 3.63) is 47.8 Å². The Morgan fingerprint density at radius 3 is 2.76 bits per heavy atom. The fourth-order valence-corrected chi connectivity index (χ4v) is 2.17. The number of benzene rings is 2. The molecule has 2 aromatic carbocycles. The Labute approximate surface area is 122 Å². The Morgan fingerprint density at radius 1 is 1.14 bits per heavy atom. The SMILES string of the molecule is CNC(C)c1cc(F)ccc1Oc1ccc2c(c1)OCO2. The van der Waals surface area contributed by atoms with Crippen molar-refractivity contribution in [3.63, 3.8) is 0 Å². The van der Waals surface area contributed by atoms with Crippen LogP contribution < -0.4 is 19.5 Å². The van der Waals surface area contributed by atoms with E-state index in [0.717, 1.165) is 5.56 Å². The van der Waals surface area contributed by atoms with E-state index in [1.54, 1.807) is 24.3 Å². The summed E-state index contributed by atoms with van der Waals surface area (Å²) in [6.07, 6.45) is 0. The molecule has 0 saturated carbocycles. The van der Waals surface area contributed by atoms with Crippen LogP contribution in [0.2, 0.25) is 0 Å². The maximum atomic E-state index is 13.4. The molecule has 1 atom stereocenters. The minimum atomic E-state index is -0.287. The normalized spacial score (nSPS) is 14.0. The third kappa shape index (κ3) is 2.78. The zero-order valence-electron chi connectivity index (χ0n) is 11.9. The molecule has 1 aliphatic rings. The first-order valence-corrected chi connectivity index (χ1v) is 6.71. The van der Waals surface area contributed by atoms with E-state index in [1.807, 2.05) is 14.0 Å². The standard InChI is InChI=1S/C16H16FNO3/c1-10(18-2)13-7-11(17)3-5-14(13)21-12-4-6-15-16(8-12)20-9-19-15/h3-8,10,18H,9H2,1-2H3. The Bertz CT molecular complexity index is 660. The monoisotopic (exact) mass is 289 g/mol. The van der Waals surface area contributed by atoms with Gasteiger partial charge in [0, 0.05) is 17.7 Å². The van der Waals surface area contributed by atoms with Crippen molar-refractivity contribution in [2.75, 3.05) is 13.8 Å². The molecule has 1 N–H and O–H groups in total. The van der Waals surface area contributed by atoms with Gasteiger partial charge < -0.3 is 19.5 Å². The number of rotatable bonds is 4. The summed E-state index contributed by atoms with van der Waals surface area (Å²) >= 11 is 0. The van der Waals surface area contributed by atoms with Gasteiger partial charge in [-0.25, -0.2) is 4.39 Å². The van der Waals surface area contributed by atoms with E-state index in [0.29, 0.717) is 23.0 Å². The largest absolute Gasteiger partial charge is 0.457 e. The second kappa shape index (κ2) is 5.61. The van der Waals surface area contributed by atoms with E-state index < -0.39 is 0 Å². The van der Waals surface area contributed by atoms with Crippen molar-refractivity contribution in [2.45, 2.75) is 13.0 Å². The number of ether oxygens (including phenoxy) is 3. The Hall–Kier alpha value is -2.27. The molecule has 0 aliphatic carbocycles. The first-order valence-electron chi connectivity index (χ1n) is 6.71. The number of halogens is 1. The van der Waals surface area contributed by atoms with Crippen molar-refractivity contribution in [1.82, 2.24) is 5.32 Å². The first-order chi connectivity index (χ1) is 10.2. The Kier molecular flexibility index (Phi) is 3.66. The van der Waals surface area contributed by atoms with Gasteiger partial charge in [0.2, 0.25) is 6.79 Å². The van der Waals surface area contributed by atoms with Crippen LogP contribution >= 0.6 is 0 Å². The summed E-state index contributed by atoms with van der Waals surface area (Å²) in [4.78, 5) is 0. The molecule has 0 saturated heterocycles. The van der Waals surface area contributed by atoms with E-state index in [1.165, 1.54) is 12.1 Å². The molecule has 0 amide bonds. The lowest BCUT2D eigenvalue weighted by Gasteiger charge is -2.16. The molecule has 4 nitrogen and oxygen atoms in total. The Morgan fingerprint density at radius 2 is 1.95 bits per heavy atom. The van der Waals surface area contributed by atoms with Gasteiger partial charge in [0.05, 0.1) is 0 Å². The molecule has 0 fully saturated rings. The zero-order valence-corrected chi connectivity index (χ0v) is 11.9. The minimum Gasteiger partial charge on any atom is -0.457 e. The second-order valence-corrected chi connectivity index (χ2v) is 4.81. The summed E-state index contributed by atoms with van der Waals surface area (Å²) in [7, 11) is 1.82. The van der Waals surface area contributed by atoms with Crippen molar-refractivity contribution >= 4 is 0 Å². The summed E-state index contributed by atoms with van der Waals surface area (Å²) in [5.74, 6) is 2.29. The van der Waals surface area contributed by atoms with Gasteiger partial charge in [0.1, 0.15) is 17.3 Å². The van der Waals surface area contributed by atoms with Crippen LogP contribution in [-0.2, 0) is 0 Å². The summed E-state index contributed by atoms with van der Waals surface area (Å²) in [6, 6.07) is 9.82. The lowest BCUT2D eigenvalue weighted by Crippen LogP contribution is -2.13. The molecule has 1 aliphatic heterocycles. The van der Waals surface area contributed by atoms with E-state index >= 15 is 0 Å². The molecular weight excluding hydrogens is 273 g/mol. The van der Waals surface area contributed by atoms with Crippen LogP contribution in [-0.4, -0.2) is 13.8 Å². The molecule has 2 aromatic rings. The number of hydrogen-bond acceptors (Lipinski definition) is 4. The van der Waals surface area contributed by atoms with Gasteiger partial charge in [-0.05, 0) is 44.3 Å². The fourth-order valence-electron chi connectivity index (χ4n) is 2.17. The predicted octanol–water partition coefficient (Wildman–Crippen LogP) is 3.63. The third-order valence-corrected chi connectivity index (χ3v) is 3.44. The molecule has 0 bridgehead atoms. The summed E-state index contributed by atoms with van der Waals surface area (Å²) in [5.41, 5.74) is 0.759. The maximum Gasteiger partial charge on any atom is 0.231 e. The van der Waals surface area contributed by atoms with Crippen LogP contribution in [0.5, 0.6) is 23.0 Å². The van der Waals surface area contributed by atoms with Gasteiger partial charge in [0.25, 0.3) is 0 Å². The van der Waals surface area contributed by atoms with Crippen LogP contribution in [0.25, 0.3) is 0 Å². The highest BCUT2D eigenvalue weighted by Gasteiger charge is 2.16. The highest BCUT2D eigenvalue weighted by atomic mass is 19.1. The zero-order chi connectivity index (χ0) is 14.8. The van der Waals surface area contributed by atoms with Crippen molar-refractivity contribution in [3.8, 4) is 23.0 Å². The highest BCUT2D eigenvalue weighted by Crippen LogP contribution is 2.38. The van der Waals surface area contributed by atoms with Crippen LogP contribution in [0, 0.1) is 5.82 Å². The van der Waals surface area contributed by atoms with Gasteiger partial charge in [-0.1, -0.05) is 0 Å². The van der Waals surface area contributed by atoms with Crippen LogP contribution in [0.1, 0.15) is 18.5 Å². The number of fused-ring (bicyclic) bond motifs is 1. The minimum absolute atomic E-state index is 0.0234. The van der Waals surface area contributed by atoms with Gasteiger partial charge in [0.15, 0.2) is 11.5 Å². The summed E-state index contributed by atoms with van der Waals surface area (Å²) < 4.78 is 29.9. The lowest BCUT2D eigenvalue weighted by atomic mass is 10.1. The van der Waals surface area contributed by atoms with Gasteiger partial charge in [-0.2, -0.15) is 0 Å². The summed E-state index contributed by atoms with van der Waals surface area (Å²) in [5, 5.41) is 3.08. The quantitative estimate of drug-likeness (QED) is 0.933. The molecule has 0 aromatic heterocycles. The number of hydrogen-bond donors (Lipinski definition) is 1. The van der Waals surface area contributed by atoms with Gasteiger partial charge in [-0.15, -0.1) is 0 Å². The molecular formula is C16H16FNO3. The molecule has 1 heterocycles. The average molecular weight is 289 g/mol. The topological polar surface area (TPSA) is 39.7 Å². The van der Waals surface area contributed by atoms with Gasteiger partial charge in [-0.3, -0.25) is 0 Å². The van der Waals surface area contributed by atoms with Crippen molar-refractivity contribution in [2.24, 2.45) is 0 Å². The predicted molar refractivity (Wildman–Crippen MR) is 76.5 cm³/mol. The second-order valence-electron chi connectivity index (χ2n) is 4.81. The van der Waals surface area contributed by atoms with E-state index in [4.69, 9.17) is 14.2 Å². The molecule has 0 radical (unpaired) electrons. The van der Waals surface area contributed by atoms with Crippen LogP contribution in [0.4, 0.5) is 4.39 Å². The molecule has 5 heteroatoms. The van der Waals surface area contributed by atoms with Crippen molar-refractivity contribution < 1.29 is 18.6 Å². The third-order valence-electron chi connectivity index (χ3n) is 3.44. The van der Waals surface area contributed by atoms with E-state index in [9.17, 15) is 4.39 Å². The fraction of sp³-hybridized carbons (Fsp3) is 0.250. The van der Waals surface area contributed by atoms with Crippen LogP contribution in [0.3, 0.4) is 0 Å². The first kappa shape index (κ1) is 13.7. The Balaban J connectivity index is 1.91. The average Bonchev–Trinajstić information content (AvgIpc) is 2.96. The molecule has 0 spiro atoms. The maximum absolute atomic E-state index is 13.4. The van der Waals surface area contributed by atoms with Crippen molar-refractivity contribution in [1.29, 1.82) is 0 Å². The lowest BCUT2D eigenvalue weighted by molar-refractivity contribution is 0.174. The number of nitrogens with one attached hydrogen (secondary N) is 1. The van der Waals surface area contributed by atoms with E-state index in [2.05, 4.69) is 5.32 Å². The molecule has 110 valence electrons. The van der Waals surface area contributed by atoms with Gasteiger partial charge >= 0.3 is 0 Å². The summed E-state index contributed by atoms with van der Waals surface area (Å²) in [6.45, 7) is 2.17. The van der Waals surface area contributed by atoms with E-state index in [-0.39, 0.29) is 18.7 Å². The smallest absolute Gasteiger partial charge is 0.231 e. The molecule has 1 unspecified atom stereocenters.